The van der Waals surface area contributed by atoms with E-state index in [4.69, 9.17) is 0 Å². The molecule has 5 heavy (non-hydrogen) atoms. The topological polar surface area (TPSA) is 0 Å². The Labute approximate surface area is 132 Å². The molecule has 0 aromatic rings. The second kappa shape index (κ2) is 24.0. The van der Waals surface area contributed by atoms with Gasteiger partial charge < -0.3 is 95.9 Å². The van der Waals surface area contributed by atoms with Gasteiger partial charge in [0.1, 0.15) is 0 Å². The number of hydrogen-bond donors (Lipinski definition) is 0. The molecular formula is I4Th. The molecule has 0 aromatic carbocycles. The SMILES string of the molecule is [I-].[I-].[I-].[I-].[Th+4]. The first-order valence-corrected chi connectivity index (χ1v) is 0. The molecule has 0 nitrogen and oxygen atoms in total. The summed E-state index contributed by atoms with van der Waals surface area (Å²) in [4.78, 5) is 0. The van der Waals surface area contributed by atoms with Crippen molar-refractivity contribution in [1.29, 1.82) is 0 Å². The molecule has 0 rings (SSSR count). The quantitative estimate of drug-likeness (QED) is 0.217. The van der Waals surface area contributed by atoms with E-state index in [1.54, 1.807) is 0 Å². The molecule has 0 saturated carbocycles. The first-order chi connectivity index (χ1) is 0. The maximum absolute atomic E-state index is 0. The number of rotatable bonds is 0. The summed E-state index contributed by atoms with van der Waals surface area (Å²) in [7, 11) is 0. The molecule has 0 aromatic heterocycles. The van der Waals surface area contributed by atoms with E-state index in [0.717, 1.165) is 0 Å². The van der Waals surface area contributed by atoms with Crippen LogP contribution in [0.5, 0.6) is 0 Å². The molecule has 0 radical (unpaired) electrons. The Morgan fingerprint density at radius 1 is 0.400 bits per heavy atom. The van der Waals surface area contributed by atoms with Crippen LogP contribution in [0.25, 0.3) is 0 Å². The molecule has 0 N–H and O–H groups in total. The van der Waals surface area contributed by atoms with Crippen LogP contribution in [-0.2, 0) is 0 Å². The molecule has 0 fully saturated rings. The summed E-state index contributed by atoms with van der Waals surface area (Å²) in [5, 5.41) is 0. The average molecular weight is 740 g/mol. The van der Waals surface area contributed by atoms with E-state index in [1.807, 2.05) is 0 Å². The van der Waals surface area contributed by atoms with E-state index in [-0.39, 0.29) is 136 Å². The van der Waals surface area contributed by atoms with Crippen LogP contribution in [0.1, 0.15) is 0 Å². The third-order valence-corrected chi connectivity index (χ3v) is 0. The summed E-state index contributed by atoms with van der Waals surface area (Å²) in [6.45, 7) is 0. The molecule has 0 aliphatic carbocycles. The van der Waals surface area contributed by atoms with Crippen molar-refractivity contribution in [2.45, 2.75) is 0 Å². The first-order valence-electron chi connectivity index (χ1n) is 0. The van der Waals surface area contributed by atoms with Gasteiger partial charge in [0, 0.05) is 0 Å². The molecule has 0 heterocycles. The van der Waals surface area contributed by atoms with Crippen molar-refractivity contribution >= 4 is 0 Å². The summed E-state index contributed by atoms with van der Waals surface area (Å²) < 4.78 is 0. The van der Waals surface area contributed by atoms with Gasteiger partial charge in [-0.25, -0.2) is 0 Å². The molecular weight excluding hydrogens is 740 g/mol. The minimum absolute atomic E-state index is 0. The normalized spacial score (nSPS) is 0. The van der Waals surface area contributed by atoms with E-state index in [9.17, 15) is 0 Å². The van der Waals surface area contributed by atoms with E-state index < -0.39 is 0 Å². The fourth-order valence-corrected chi connectivity index (χ4v) is 0. The van der Waals surface area contributed by atoms with Crippen LogP contribution in [0.2, 0.25) is 0 Å². The van der Waals surface area contributed by atoms with Crippen LogP contribution >= 0.6 is 0 Å². The van der Waals surface area contributed by atoms with Gasteiger partial charge >= 0.3 is 39.9 Å². The van der Waals surface area contributed by atoms with Gasteiger partial charge in [-0.2, -0.15) is 0 Å². The zero-order valence-electron chi connectivity index (χ0n) is 2.01. The minimum atomic E-state index is 0. The summed E-state index contributed by atoms with van der Waals surface area (Å²) in [6, 6.07) is 0. The van der Waals surface area contributed by atoms with Gasteiger partial charge in [0.25, 0.3) is 0 Å². The zero-order chi connectivity index (χ0) is 0. The van der Waals surface area contributed by atoms with Gasteiger partial charge in [0.2, 0.25) is 0 Å². The van der Waals surface area contributed by atoms with Gasteiger partial charge in [0.15, 0.2) is 0 Å². The molecule has 0 saturated heterocycles. The molecule has 0 bridgehead atoms. The fraction of sp³-hybridized carbons (Fsp3) is 0. The van der Waals surface area contributed by atoms with Crippen LogP contribution < -0.4 is 95.9 Å². The van der Waals surface area contributed by atoms with E-state index >= 15 is 0 Å². The Morgan fingerprint density at radius 3 is 0.400 bits per heavy atom. The van der Waals surface area contributed by atoms with E-state index in [2.05, 4.69) is 0 Å². The number of halogens is 4. The predicted molar refractivity (Wildman–Crippen MR) is 0 cm³/mol. The molecule has 0 atom stereocenters. The smallest absolute Gasteiger partial charge is 1.00 e. The summed E-state index contributed by atoms with van der Waals surface area (Å²) >= 11 is 0. The third kappa shape index (κ3) is 17.8. The summed E-state index contributed by atoms with van der Waals surface area (Å²) in [5.41, 5.74) is 0. The van der Waals surface area contributed by atoms with Crippen LogP contribution in [0.15, 0.2) is 0 Å². The van der Waals surface area contributed by atoms with Crippen molar-refractivity contribution in [3.05, 3.63) is 0 Å². The molecule has 0 aliphatic rings. The van der Waals surface area contributed by atoms with Crippen molar-refractivity contribution in [1.82, 2.24) is 0 Å². The largest absolute Gasteiger partial charge is 4.00 e. The van der Waals surface area contributed by atoms with E-state index in [0.29, 0.717) is 0 Å². The molecule has 32 valence electrons. The molecule has 0 amide bonds. The van der Waals surface area contributed by atoms with Gasteiger partial charge in [-0.05, 0) is 0 Å². The van der Waals surface area contributed by atoms with Crippen LogP contribution in [-0.4, -0.2) is 0 Å². The summed E-state index contributed by atoms with van der Waals surface area (Å²) in [6.07, 6.45) is 0. The molecule has 0 spiro atoms. The fourth-order valence-electron chi connectivity index (χ4n) is 0. The van der Waals surface area contributed by atoms with Crippen LogP contribution in [0.4, 0.5) is 0 Å². The van der Waals surface area contributed by atoms with Crippen molar-refractivity contribution in [2.24, 2.45) is 0 Å². The van der Waals surface area contributed by atoms with Crippen LogP contribution in [0, 0.1) is 39.9 Å². The van der Waals surface area contributed by atoms with Crippen molar-refractivity contribution in [3.63, 3.8) is 0 Å². The maximum Gasteiger partial charge on any atom is 4.00 e. The second-order valence-electron chi connectivity index (χ2n) is 0. The summed E-state index contributed by atoms with van der Waals surface area (Å²) in [5.74, 6) is 0. The van der Waals surface area contributed by atoms with Gasteiger partial charge in [-0.1, -0.05) is 0 Å². The first kappa shape index (κ1) is 34.9. The Balaban J connectivity index is 0. The molecule has 0 aliphatic heterocycles. The van der Waals surface area contributed by atoms with Crippen molar-refractivity contribution in [2.75, 3.05) is 0 Å². The van der Waals surface area contributed by atoms with Gasteiger partial charge in [0.05, 0.1) is 0 Å². The Bertz CT molecular complexity index is 3.61. The standard InChI is InChI=1S/4HI.Th/h4*1H;/q;;;;+4/p-4. The van der Waals surface area contributed by atoms with Gasteiger partial charge in [-0.3, -0.25) is 0 Å². The number of hydrogen-bond acceptors (Lipinski definition) is 0. The van der Waals surface area contributed by atoms with E-state index in [1.165, 1.54) is 0 Å². The maximum atomic E-state index is 0. The molecule has 5 heteroatoms. The Kier molecular flexibility index (Phi) is 168. The average Bonchev–Trinajstić information content (AvgIpc) is 0. The predicted octanol–water partition coefficient (Wildman–Crippen LogP) is -12.0. The van der Waals surface area contributed by atoms with Crippen molar-refractivity contribution < 1.29 is 136 Å². The Morgan fingerprint density at radius 2 is 0.400 bits per heavy atom. The minimum Gasteiger partial charge on any atom is -1.00 e. The van der Waals surface area contributed by atoms with Gasteiger partial charge in [-0.15, -0.1) is 0 Å². The third-order valence-electron chi connectivity index (χ3n) is 0. The van der Waals surface area contributed by atoms with Crippen molar-refractivity contribution in [3.8, 4) is 0 Å². The zero-order valence-corrected chi connectivity index (χ0v) is 14.8. The van der Waals surface area contributed by atoms with Crippen LogP contribution in [0.3, 0.4) is 0 Å². The molecule has 0 unspecified atom stereocenters. The monoisotopic (exact) mass is 740 g/mol. The second-order valence-corrected chi connectivity index (χ2v) is 0. The Hall–Kier alpha value is 4.24.